The Kier molecular flexibility index (Phi) is 6.11. The van der Waals surface area contributed by atoms with Gasteiger partial charge in [-0.15, -0.1) is 0 Å². The van der Waals surface area contributed by atoms with Crippen molar-refractivity contribution in [1.29, 1.82) is 0 Å². The van der Waals surface area contributed by atoms with Crippen LogP contribution in [0.4, 0.5) is 11.4 Å². The number of nitro groups is 2. The molecule has 0 bridgehead atoms. The number of carbonyl (C=O) groups excluding carboxylic acids is 2. The lowest BCUT2D eigenvalue weighted by atomic mass is 10.2. The lowest BCUT2D eigenvalue weighted by Gasteiger charge is -2.05. The second-order valence-corrected chi connectivity index (χ2v) is 4.42. The van der Waals surface area contributed by atoms with Gasteiger partial charge in [-0.1, -0.05) is 6.92 Å². The predicted octanol–water partition coefficient (Wildman–Crippen LogP) is 2.31. The highest BCUT2D eigenvalue weighted by Gasteiger charge is 2.17. The lowest BCUT2D eigenvalue weighted by molar-refractivity contribution is -0.394. The van der Waals surface area contributed by atoms with Crippen molar-refractivity contribution in [2.24, 2.45) is 0 Å². The molecular formula is C13H14N2O7. The van der Waals surface area contributed by atoms with Gasteiger partial charge >= 0.3 is 5.97 Å². The summed E-state index contributed by atoms with van der Waals surface area (Å²) in [6, 6.07) is 3.01. The molecule has 0 unspecified atom stereocenters. The summed E-state index contributed by atoms with van der Waals surface area (Å²) in [5.74, 6) is -0.723. The summed E-state index contributed by atoms with van der Waals surface area (Å²) in [6.07, 6.45) is 0.290. The van der Waals surface area contributed by atoms with Crippen LogP contribution in [0.2, 0.25) is 0 Å². The number of ether oxygens (including phenoxy) is 1. The van der Waals surface area contributed by atoms with Crippen LogP contribution in [0.5, 0.6) is 0 Å². The van der Waals surface area contributed by atoms with Crippen molar-refractivity contribution in [3.8, 4) is 0 Å². The zero-order chi connectivity index (χ0) is 16.7. The van der Waals surface area contributed by atoms with Crippen molar-refractivity contribution >= 4 is 23.1 Å². The van der Waals surface area contributed by atoms with Crippen molar-refractivity contribution in [1.82, 2.24) is 0 Å². The molecule has 9 nitrogen and oxygen atoms in total. The van der Waals surface area contributed by atoms with E-state index in [2.05, 4.69) is 0 Å². The van der Waals surface area contributed by atoms with Gasteiger partial charge in [-0.25, -0.2) is 0 Å². The minimum absolute atomic E-state index is 0.0599. The van der Waals surface area contributed by atoms with Crippen LogP contribution in [0, 0.1) is 20.2 Å². The van der Waals surface area contributed by atoms with Crippen molar-refractivity contribution in [3.05, 3.63) is 44.0 Å². The van der Waals surface area contributed by atoms with E-state index in [0.29, 0.717) is 6.42 Å². The fraction of sp³-hybridized carbons (Fsp3) is 0.385. The molecule has 118 valence electrons. The molecule has 1 rings (SSSR count). The molecule has 0 aliphatic rings. The van der Waals surface area contributed by atoms with E-state index in [1.165, 1.54) is 0 Å². The first-order chi connectivity index (χ1) is 10.3. The standard InChI is InChI=1S/C13H14N2O7/c1-2-12(16)3-4-13(17)22-8-9-5-10(14(18)19)7-11(6-9)15(20)21/h5-7H,2-4,8H2,1H3. The average molecular weight is 310 g/mol. The van der Waals surface area contributed by atoms with Crippen molar-refractivity contribution in [3.63, 3.8) is 0 Å². The Morgan fingerprint density at radius 1 is 1.05 bits per heavy atom. The number of esters is 1. The van der Waals surface area contributed by atoms with Crippen molar-refractivity contribution < 1.29 is 24.2 Å². The topological polar surface area (TPSA) is 130 Å². The maximum atomic E-state index is 11.4. The predicted molar refractivity (Wildman–Crippen MR) is 74.1 cm³/mol. The molecule has 0 saturated heterocycles. The fourth-order valence-corrected chi connectivity index (χ4v) is 1.60. The molecule has 0 saturated carbocycles. The van der Waals surface area contributed by atoms with Crippen LogP contribution < -0.4 is 0 Å². The second-order valence-electron chi connectivity index (χ2n) is 4.42. The molecule has 0 spiro atoms. The molecule has 0 N–H and O–H groups in total. The number of non-ortho nitro benzene ring substituents is 2. The SMILES string of the molecule is CCC(=O)CCC(=O)OCc1cc([N+](=O)[O-])cc([N+](=O)[O-])c1. The summed E-state index contributed by atoms with van der Waals surface area (Å²) < 4.78 is 4.86. The van der Waals surface area contributed by atoms with E-state index in [4.69, 9.17) is 4.74 Å². The maximum absolute atomic E-state index is 11.4. The van der Waals surface area contributed by atoms with Gasteiger partial charge < -0.3 is 4.74 Å². The molecule has 0 aliphatic carbocycles. The monoisotopic (exact) mass is 310 g/mol. The Morgan fingerprint density at radius 2 is 1.59 bits per heavy atom. The maximum Gasteiger partial charge on any atom is 0.306 e. The molecule has 1 aromatic carbocycles. The number of rotatable bonds is 8. The summed E-state index contributed by atoms with van der Waals surface area (Å²) >= 11 is 0. The summed E-state index contributed by atoms with van der Waals surface area (Å²) in [5, 5.41) is 21.4. The number of Topliss-reactive ketones (excluding diaryl/α,β-unsaturated/α-hetero) is 1. The van der Waals surface area contributed by atoms with Crippen LogP contribution in [0.25, 0.3) is 0 Å². The van der Waals surface area contributed by atoms with Gasteiger partial charge in [-0.05, 0) is 0 Å². The normalized spacial score (nSPS) is 10.0. The van der Waals surface area contributed by atoms with E-state index < -0.39 is 27.2 Å². The largest absolute Gasteiger partial charge is 0.461 e. The van der Waals surface area contributed by atoms with Crippen LogP contribution in [0.1, 0.15) is 31.7 Å². The lowest BCUT2D eigenvalue weighted by Crippen LogP contribution is -2.08. The zero-order valence-corrected chi connectivity index (χ0v) is 11.8. The number of carbonyl (C=O) groups is 2. The summed E-state index contributed by atoms with van der Waals surface area (Å²) in [7, 11) is 0. The second kappa shape index (κ2) is 7.81. The minimum Gasteiger partial charge on any atom is -0.461 e. The van der Waals surface area contributed by atoms with Crippen LogP contribution in [-0.2, 0) is 20.9 Å². The number of ketones is 1. The number of nitrogens with zero attached hydrogens (tertiary/aromatic N) is 2. The van der Waals surface area contributed by atoms with Crippen LogP contribution in [0.3, 0.4) is 0 Å². The van der Waals surface area contributed by atoms with Crippen LogP contribution >= 0.6 is 0 Å². The summed E-state index contributed by atoms with van der Waals surface area (Å²) in [5.41, 5.74) is -0.779. The molecule has 22 heavy (non-hydrogen) atoms. The number of hydrogen-bond acceptors (Lipinski definition) is 7. The molecule has 0 fully saturated rings. The van der Waals surface area contributed by atoms with Gasteiger partial charge in [0.25, 0.3) is 11.4 Å². The first-order valence-corrected chi connectivity index (χ1v) is 6.43. The quantitative estimate of drug-likeness (QED) is 0.409. The van der Waals surface area contributed by atoms with Gasteiger partial charge in [0.1, 0.15) is 12.4 Å². The van der Waals surface area contributed by atoms with Gasteiger partial charge in [0.15, 0.2) is 0 Å². The molecular weight excluding hydrogens is 296 g/mol. The van der Waals surface area contributed by atoms with E-state index in [1.54, 1.807) is 6.92 Å². The average Bonchev–Trinajstić information content (AvgIpc) is 2.49. The van der Waals surface area contributed by atoms with E-state index in [-0.39, 0.29) is 30.8 Å². The third-order valence-corrected chi connectivity index (χ3v) is 2.79. The Morgan fingerprint density at radius 3 is 2.05 bits per heavy atom. The van der Waals surface area contributed by atoms with E-state index in [9.17, 15) is 29.8 Å². The Hall–Kier alpha value is -2.84. The van der Waals surface area contributed by atoms with Crippen LogP contribution in [-0.4, -0.2) is 21.6 Å². The molecule has 0 atom stereocenters. The fourth-order valence-electron chi connectivity index (χ4n) is 1.60. The molecule has 0 aromatic heterocycles. The number of nitro benzene ring substituents is 2. The third kappa shape index (κ3) is 5.27. The Labute approximate surface area is 125 Å². The molecule has 0 amide bonds. The highest BCUT2D eigenvalue weighted by atomic mass is 16.6. The van der Waals surface area contributed by atoms with E-state index in [0.717, 1.165) is 18.2 Å². The Bertz CT molecular complexity index is 580. The van der Waals surface area contributed by atoms with Gasteiger partial charge in [0, 0.05) is 30.5 Å². The highest BCUT2D eigenvalue weighted by molar-refractivity contribution is 5.82. The molecule has 0 heterocycles. The minimum atomic E-state index is -0.766. The smallest absolute Gasteiger partial charge is 0.306 e. The van der Waals surface area contributed by atoms with Crippen molar-refractivity contribution in [2.75, 3.05) is 0 Å². The third-order valence-electron chi connectivity index (χ3n) is 2.79. The van der Waals surface area contributed by atoms with Crippen LogP contribution in [0.15, 0.2) is 18.2 Å². The summed E-state index contributed by atoms with van der Waals surface area (Å²) in [6.45, 7) is 1.34. The molecule has 0 aliphatic heterocycles. The summed E-state index contributed by atoms with van der Waals surface area (Å²) in [4.78, 5) is 42.4. The van der Waals surface area contributed by atoms with Gasteiger partial charge in [-0.3, -0.25) is 29.8 Å². The van der Waals surface area contributed by atoms with E-state index >= 15 is 0 Å². The Balaban J connectivity index is 2.72. The van der Waals surface area contributed by atoms with Gasteiger partial charge in [0.05, 0.1) is 22.3 Å². The van der Waals surface area contributed by atoms with Crippen molar-refractivity contribution in [2.45, 2.75) is 32.8 Å². The number of hydrogen-bond donors (Lipinski definition) is 0. The first-order valence-electron chi connectivity index (χ1n) is 6.43. The zero-order valence-electron chi connectivity index (χ0n) is 11.8. The van der Waals surface area contributed by atoms with Gasteiger partial charge in [-0.2, -0.15) is 0 Å². The molecule has 1 aromatic rings. The molecule has 0 radical (unpaired) electrons. The van der Waals surface area contributed by atoms with E-state index in [1.807, 2.05) is 0 Å². The molecule has 9 heteroatoms. The highest BCUT2D eigenvalue weighted by Crippen LogP contribution is 2.23. The van der Waals surface area contributed by atoms with Gasteiger partial charge in [0.2, 0.25) is 0 Å². The number of benzene rings is 1. The first kappa shape index (κ1) is 17.2.